The fourth-order valence-electron chi connectivity index (χ4n) is 1.30. The highest BCUT2D eigenvalue weighted by Gasteiger charge is 2.01. The summed E-state index contributed by atoms with van der Waals surface area (Å²) in [4.78, 5) is 11.4. The number of nitrogens with two attached hydrogens (primary N) is 1. The summed E-state index contributed by atoms with van der Waals surface area (Å²) >= 11 is 0. The zero-order valence-corrected chi connectivity index (χ0v) is 7.77. The topological polar surface area (TPSA) is 67.6 Å². The summed E-state index contributed by atoms with van der Waals surface area (Å²) < 4.78 is 0. The maximum absolute atomic E-state index is 5.45. The summed E-state index contributed by atoms with van der Waals surface area (Å²) in [6, 6.07) is 3.84. The number of rotatable bonds is 3. The fraction of sp³-hybridized carbons (Fsp3) is 0.200. The van der Waals surface area contributed by atoms with Crippen LogP contribution >= 0.6 is 0 Å². The van der Waals surface area contributed by atoms with Crippen molar-refractivity contribution in [1.82, 2.24) is 15.0 Å². The first kappa shape index (κ1) is 8.90. The SMILES string of the molecule is NCCc1cnc(-c2ccncc2)[nH]1. The molecule has 0 aliphatic rings. The Morgan fingerprint density at radius 1 is 1.29 bits per heavy atom. The molecular weight excluding hydrogens is 176 g/mol. The molecule has 0 amide bonds. The Morgan fingerprint density at radius 2 is 2.07 bits per heavy atom. The maximum atomic E-state index is 5.45. The smallest absolute Gasteiger partial charge is 0.137 e. The van der Waals surface area contributed by atoms with Crippen LogP contribution in [0, 0.1) is 0 Å². The van der Waals surface area contributed by atoms with Crippen molar-refractivity contribution >= 4 is 0 Å². The number of aromatic amines is 1. The van der Waals surface area contributed by atoms with Crippen molar-refractivity contribution in [2.45, 2.75) is 6.42 Å². The number of imidazole rings is 1. The molecule has 2 aromatic rings. The Labute approximate surface area is 82.2 Å². The summed E-state index contributed by atoms with van der Waals surface area (Å²) in [5, 5.41) is 0. The predicted molar refractivity (Wildman–Crippen MR) is 54.6 cm³/mol. The highest BCUT2D eigenvalue weighted by Crippen LogP contribution is 2.13. The zero-order chi connectivity index (χ0) is 9.80. The van der Waals surface area contributed by atoms with Gasteiger partial charge in [-0.1, -0.05) is 0 Å². The lowest BCUT2D eigenvalue weighted by atomic mass is 10.2. The summed E-state index contributed by atoms with van der Waals surface area (Å²) in [7, 11) is 0. The first-order valence-electron chi connectivity index (χ1n) is 4.54. The van der Waals surface area contributed by atoms with Gasteiger partial charge in [-0.2, -0.15) is 0 Å². The minimum Gasteiger partial charge on any atom is -0.342 e. The van der Waals surface area contributed by atoms with E-state index in [1.54, 1.807) is 12.4 Å². The van der Waals surface area contributed by atoms with Gasteiger partial charge in [0.1, 0.15) is 5.82 Å². The number of nitrogens with one attached hydrogen (secondary N) is 1. The van der Waals surface area contributed by atoms with Crippen LogP contribution in [0.15, 0.2) is 30.7 Å². The Hall–Kier alpha value is -1.68. The molecule has 0 fully saturated rings. The average molecular weight is 188 g/mol. The van der Waals surface area contributed by atoms with Crippen LogP contribution in [0.5, 0.6) is 0 Å². The monoisotopic (exact) mass is 188 g/mol. The van der Waals surface area contributed by atoms with Crippen LogP contribution < -0.4 is 5.73 Å². The van der Waals surface area contributed by atoms with Gasteiger partial charge in [0.15, 0.2) is 0 Å². The first-order valence-corrected chi connectivity index (χ1v) is 4.54. The van der Waals surface area contributed by atoms with E-state index in [1.807, 2.05) is 18.3 Å². The van der Waals surface area contributed by atoms with E-state index < -0.39 is 0 Å². The molecule has 2 rings (SSSR count). The van der Waals surface area contributed by atoms with Crippen molar-refractivity contribution in [3.63, 3.8) is 0 Å². The molecule has 0 bridgehead atoms. The Morgan fingerprint density at radius 3 is 2.79 bits per heavy atom. The molecule has 0 unspecified atom stereocenters. The quantitative estimate of drug-likeness (QED) is 0.754. The van der Waals surface area contributed by atoms with E-state index >= 15 is 0 Å². The van der Waals surface area contributed by atoms with Crippen LogP contribution in [0.25, 0.3) is 11.4 Å². The molecule has 0 aromatic carbocycles. The number of hydrogen-bond donors (Lipinski definition) is 2. The van der Waals surface area contributed by atoms with Gasteiger partial charge in [0.2, 0.25) is 0 Å². The maximum Gasteiger partial charge on any atom is 0.137 e. The summed E-state index contributed by atoms with van der Waals surface area (Å²) in [5.74, 6) is 0.871. The van der Waals surface area contributed by atoms with Crippen molar-refractivity contribution in [3.8, 4) is 11.4 Å². The second-order valence-corrected chi connectivity index (χ2v) is 3.03. The lowest BCUT2D eigenvalue weighted by Gasteiger charge is -1.94. The van der Waals surface area contributed by atoms with Gasteiger partial charge in [-0.05, 0) is 18.7 Å². The molecule has 0 aliphatic heterocycles. The van der Waals surface area contributed by atoms with E-state index in [-0.39, 0.29) is 0 Å². The molecule has 0 aliphatic carbocycles. The normalized spacial score (nSPS) is 10.4. The number of hydrogen-bond acceptors (Lipinski definition) is 3. The Kier molecular flexibility index (Phi) is 2.55. The molecule has 2 heterocycles. The zero-order valence-electron chi connectivity index (χ0n) is 7.77. The number of aromatic nitrogens is 3. The van der Waals surface area contributed by atoms with Crippen molar-refractivity contribution in [3.05, 3.63) is 36.4 Å². The van der Waals surface area contributed by atoms with Gasteiger partial charge in [0.05, 0.1) is 0 Å². The Bertz CT molecular complexity index is 394. The van der Waals surface area contributed by atoms with Gasteiger partial charge in [-0.25, -0.2) is 4.98 Å². The first-order chi connectivity index (χ1) is 6.90. The number of nitrogens with zero attached hydrogens (tertiary/aromatic N) is 2. The summed E-state index contributed by atoms with van der Waals surface area (Å²) in [5.41, 5.74) is 7.56. The third kappa shape index (κ3) is 1.80. The molecule has 2 aromatic heterocycles. The molecule has 3 N–H and O–H groups in total. The second kappa shape index (κ2) is 4.02. The van der Waals surface area contributed by atoms with Crippen molar-refractivity contribution < 1.29 is 0 Å². The standard InChI is InChI=1S/C10H12N4/c11-4-1-9-7-13-10(14-9)8-2-5-12-6-3-8/h2-3,5-7H,1,4,11H2,(H,13,14). The molecule has 0 saturated heterocycles. The molecule has 0 saturated carbocycles. The predicted octanol–water partition coefficient (Wildman–Crippen LogP) is 0.973. The van der Waals surface area contributed by atoms with Crippen LogP contribution in [0.4, 0.5) is 0 Å². The molecule has 0 radical (unpaired) electrons. The lowest BCUT2D eigenvalue weighted by Crippen LogP contribution is -2.02. The van der Waals surface area contributed by atoms with Crippen LogP contribution in [0.2, 0.25) is 0 Å². The van der Waals surface area contributed by atoms with Crippen molar-refractivity contribution in [2.75, 3.05) is 6.54 Å². The van der Waals surface area contributed by atoms with E-state index in [1.165, 1.54) is 0 Å². The van der Waals surface area contributed by atoms with Gasteiger partial charge in [-0.3, -0.25) is 4.98 Å². The second-order valence-electron chi connectivity index (χ2n) is 3.03. The molecule has 14 heavy (non-hydrogen) atoms. The average Bonchev–Trinajstić information content (AvgIpc) is 2.68. The minimum absolute atomic E-state index is 0.637. The van der Waals surface area contributed by atoms with E-state index in [9.17, 15) is 0 Å². The van der Waals surface area contributed by atoms with Crippen molar-refractivity contribution in [1.29, 1.82) is 0 Å². The number of H-pyrrole nitrogens is 1. The van der Waals surface area contributed by atoms with Gasteiger partial charge in [0.25, 0.3) is 0 Å². The lowest BCUT2D eigenvalue weighted by molar-refractivity contribution is 0.936. The Balaban J connectivity index is 2.25. The molecule has 0 atom stereocenters. The third-order valence-electron chi connectivity index (χ3n) is 2.00. The van der Waals surface area contributed by atoms with E-state index in [0.29, 0.717) is 6.54 Å². The fourth-order valence-corrected chi connectivity index (χ4v) is 1.30. The van der Waals surface area contributed by atoms with Gasteiger partial charge < -0.3 is 10.7 Å². The van der Waals surface area contributed by atoms with Gasteiger partial charge in [0, 0.05) is 36.3 Å². The van der Waals surface area contributed by atoms with Gasteiger partial charge in [-0.15, -0.1) is 0 Å². The summed E-state index contributed by atoms with van der Waals surface area (Å²) in [6.45, 7) is 0.637. The molecule has 4 nitrogen and oxygen atoms in total. The molecule has 72 valence electrons. The summed E-state index contributed by atoms with van der Waals surface area (Å²) in [6.07, 6.45) is 6.15. The van der Waals surface area contributed by atoms with Crippen molar-refractivity contribution in [2.24, 2.45) is 5.73 Å². The van der Waals surface area contributed by atoms with E-state index in [4.69, 9.17) is 5.73 Å². The molecule has 4 heteroatoms. The van der Waals surface area contributed by atoms with E-state index in [2.05, 4.69) is 15.0 Å². The minimum atomic E-state index is 0.637. The van der Waals surface area contributed by atoms with Crippen LogP contribution in [-0.2, 0) is 6.42 Å². The van der Waals surface area contributed by atoms with Crippen LogP contribution in [0.1, 0.15) is 5.69 Å². The largest absolute Gasteiger partial charge is 0.342 e. The van der Waals surface area contributed by atoms with Gasteiger partial charge >= 0.3 is 0 Å². The molecular formula is C10H12N4. The highest BCUT2D eigenvalue weighted by molar-refractivity contribution is 5.53. The number of pyridine rings is 1. The van der Waals surface area contributed by atoms with Crippen LogP contribution in [-0.4, -0.2) is 21.5 Å². The highest BCUT2D eigenvalue weighted by atomic mass is 14.9. The third-order valence-corrected chi connectivity index (χ3v) is 2.00. The van der Waals surface area contributed by atoms with E-state index in [0.717, 1.165) is 23.5 Å². The molecule has 0 spiro atoms. The van der Waals surface area contributed by atoms with Crippen LogP contribution in [0.3, 0.4) is 0 Å².